The highest BCUT2D eigenvalue weighted by atomic mass is 16.2. The molecule has 194 valence electrons. The highest BCUT2D eigenvalue weighted by Gasteiger charge is 2.25. The lowest BCUT2D eigenvalue weighted by Gasteiger charge is -2.37. The molecule has 1 aliphatic rings. The fraction of sp³-hybridized carbons (Fsp3) is 0.258. The molecule has 3 heterocycles. The first-order chi connectivity index (χ1) is 18.4. The Morgan fingerprint density at radius 3 is 2.24 bits per heavy atom. The van der Waals surface area contributed by atoms with E-state index in [4.69, 9.17) is 4.98 Å². The molecule has 1 aliphatic heterocycles. The van der Waals surface area contributed by atoms with Gasteiger partial charge in [-0.2, -0.15) is 0 Å². The molecule has 0 radical (unpaired) electrons. The Morgan fingerprint density at radius 2 is 1.55 bits per heavy atom. The number of Topliss-reactive ketones (excluding diaryl/α,β-unsaturated/α-hetero) is 1. The van der Waals surface area contributed by atoms with Gasteiger partial charge in [-0.1, -0.05) is 43.3 Å². The van der Waals surface area contributed by atoms with Crippen molar-refractivity contribution in [2.45, 2.75) is 20.3 Å². The summed E-state index contributed by atoms with van der Waals surface area (Å²) in [6.45, 7) is 7.61. The third-order valence-corrected chi connectivity index (χ3v) is 7.23. The van der Waals surface area contributed by atoms with Gasteiger partial charge in [-0.05, 0) is 61.4 Å². The summed E-state index contributed by atoms with van der Waals surface area (Å²) in [4.78, 5) is 35.6. The molecular weight excluding hydrogens is 474 g/mol. The molecule has 5 rings (SSSR count). The average Bonchev–Trinajstić information content (AvgIpc) is 3.27. The van der Waals surface area contributed by atoms with Crippen molar-refractivity contribution in [2.75, 3.05) is 41.3 Å². The molecule has 0 spiro atoms. The fourth-order valence-corrected chi connectivity index (χ4v) is 4.93. The van der Waals surface area contributed by atoms with E-state index in [0.717, 1.165) is 66.6 Å². The number of nitrogens with zero attached hydrogens (tertiary/aromatic N) is 4. The van der Waals surface area contributed by atoms with Crippen molar-refractivity contribution >= 4 is 28.9 Å². The van der Waals surface area contributed by atoms with E-state index in [2.05, 4.69) is 40.2 Å². The van der Waals surface area contributed by atoms with Crippen molar-refractivity contribution in [3.63, 3.8) is 0 Å². The number of amides is 1. The number of benzene rings is 2. The van der Waals surface area contributed by atoms with Gasteiger partial charge in [-0.25, -0.2) is 4.98 Å². The molecule has 38 heavy (non-hydrogen) atoms. The van der Waals surface area contributed by atoms with E-state index >= 15 is 0 Å². The second-order valence-corrected chi connectivity index (χ2v) is 9.62. The van der Waals surface area contributed by atoms with Crippen molar-refractivity contribution in [1.82, 2.24) is 9.55 Å². The van der Waals surface area contributed by atoms with Gasteiger partial charge in [0.2, 0.25) is 0 Å². The van der Waals surface area contributed by atoms with Crippen LogP contribution >= 0.6 is 0 Å². The van der Waals surface area contributed by atoms with Crippen LogP contribution in [-0.2, 0) is 18.3 Å². The van der Waals surface area contributed by atoms with Crippen LogP contribution in [0.2, 0.25) is 0 Å². The number of rotatable bonds is 7. The Labute approximate surface area is 223 Å². The van der Waals surface area contributed by atoms with Crippen LogP contribution in [0.25, 0.3) is 11.1 Å². The van der Waals surface area contributed by atoms with Gasteiger partial charge >= 0.3 is 0 Å². The second kappa shape index (κ2) is 10.9. The van der Waals surface area contributed by atoms with E-state index in [9.17, 15) is 9.59 Å². The van der Waals surface area contributed by atoms with E-state index in [1.165, 1.54) is 0 Å². The molecular formula is C31H33N5O2. The highest BCUT2D eigenvalue weighted by molar-refractivity contribution is 6.47. The molecule has 1 fully saturated rings. The molecule has 0 unspecified atom stereocenters. The van der Waals surface area contributed by atoms with Gasteiger partial charge in [-0.3, -0.25) is 9.59 Å². The summed E-state index contributed by atoms with van der Waals surface area (Å²) in [5.41, 5.74) is 5.77. The van der Waals surface area contributed by atoms with E-state index in [-0.39, 0.29) is 0 Å². The minimum absolute atomic E-state index is 0.389. The number of ketones is 1. The molecule has 1 saturated heterocycles. The van der Waals surface area contributed by atoms with Crippen LogP contribution in [0.1, 0.15) is 28.8 Å². The number of nitrogens with one attached hydrogen (secondary N) is 1. The van der Waals surface area contributed by atoms with Gasteiger partial charge in [-0.15, -0.1) is 0 Å². The lowest BCUT2D eigenvalue weighted by Crippen LogP contribution is -2.46. The van der Waals surface area contributed by atoms with Gasteiger partial charge in [0.05, 0.1) is 0 Å². The number of carbonyl (C=O) groups is 2. The first kappa shape index (κ1) is 25.3. The number of hydrogen-bond donors (Lipinski definition) is 1. The number of carbonyl (C=O) groups excluding carboxylic acids is 2. The summed E-state index contributed by atoms with van der Waals surface area (Å²) < 4.78 is 1.78. The van der Waals surface area contributed by atoms with Crippen LogP contribution < -0.4 is 15.1 Å². The molecule has 1 amide bonds. The number of pyridine rings is 1. The topological polar surface area (TPSA) is 70.5 Å². The number of aryl methyl sites for hydroxylation is 2. The van der Waals surface area contributed by atoms with E-state index in [1.54, 1.807) is 4.57 Å². The lowest BCUT2D eigenvalue weighted by molar-refractivity contribution is -0.112. The summed E-state index contributed by atoms with van der Waals surface area (Å²) in [5, 5.41) is 2.79. The van der Waals surface area contributed by atoms with Crippen LogP contribution in [0.5, 0.6) is 0 Å². The van der Waals surface area contributed by atoms with Crippen LogP contribution in [0.4, 0.5) is 17.2 Å². The predicted octanol–water partition coefficient (Wildman–Crippen LogP) is 5.11. The van der Waals surface area contributed by atoms with Crippen molar-refractivity contribution in [3.8, 4) is 11.1 Å². The van der Waals surface area contributed by atoms with Crippen LogP contribution in [0.15, 0.2) is 78.9 Å². The van der Waals surface area contributed by atoms with Crippen LogP contribution in [-0.4, -0.2) is 47.4 Å². The van der Waals surface area contributed by atoms with Gasteiger partial charge in [0.15, 0.2) is 0 Å². The summed E-state index contributed by atoms with van der Waals surface area (Å²) in [5.74, 6) is -0.164. The Bertz CT molecular complexity index is 1440. The fourth-order valence-electron chi connectivity index (χ4n) is 4.93. The van der Waals surface area contributed by atoms with Gasteiger partial charge in [0, 0.05) is 61.6 Å². The number of piperazine rings is 1. The smallest absolute Gasteiger partial charge is 0.298 e. The van der Waals surface area contributed by atoms with Crippen LogP contribution in [0.3, 0.4) is 0 Å². The Hall–Kier alpha value is -4.39. The largest absolute Gasteiger partial charge is 0.368 e. The molecule has 0 atom stereocenters. The first-order valence-corrected chi connectivity index (χ1v) is 13.1. The van der Waals surface area contributed by atoms with E-state index in [1.807, 2.05) is 74.6 Å². The maximum absolute atomic E-state index is 13.2. The third-order valence-electron chi connectivity index (χ3n) is 7.23. The molecule has 7 heteroatoms. The van der Waals surface area contributed by atoms with Gasteiger partial charge < -0.3 is 19.7 Å². The molecule has 2 aromatic carbocycles. The first-order valence-electron chi connectivity index (χ1n) is 13.1. The molecule has 0 bridgehead atoms. The maximum atomic E-state index is 13.2. The quantitative estimate of drug-likeness (QED) is 0.278. The number of anilines is 3. The summed E-state index contributed by atoms with van der Waals surface area (Å²) in [7, 11) is 1.81. The van der Waals surface area contributed by atoms with Crippen molar-refractivity contribution in [2.24, 2.45) is 7.05 Å². The molecule has 1 N–H and O–H groups in total. The Balaban J connectivity index is 1.23. The normalized spacial score (nSPS) is 13.4. The zero-order valence-corrected chi connectivity index (χ0v) is 22.1. The SMILES string of the molecule is CCc1cccc(N2CCN(c3ccc(NC(=O)C(=O)c4c(-c5ccccc5)cc(C)n4C)cc3)CC2)n1. The zero-order valence-electron chi connectivity index (χ0n) is 22.1. The number of hydrogen-bond acceptors (Lipinski definition) is 5. The van der Waals surface area contributed by atoms with Crippen molar-refractivity contribution < 1.29 is 9.59 Å². The Morgan fingerprint density at radius 1 is 0.868 bits per heavy atom. The summed E-state index contributed by atoms with van der Waals surface area (Å²) in [6, 6.07) is 25.5. The van der Waals surface area contributed by atoms with Gasteiger partial charge in [0.1, 0.15) is 11.5 Å². The molecule has 4 aromatic rings. The maximum Gasteiger partial charge on any atom is 0.298 e. The Kier molecular flexibility index (Phi) is 7.26. The van der Waals surface area contributed by atoms with E-state index in [0.29, 0.717) is 11.4 Å². The van der Waals surface area contributed by atoms with Crippen molar-refractivity contribution in [1.29, 1.82) is 0 Å². The minimum atomic E-state index is -0.647. The second-order valence-electron chi connectivity index (χ2n) is 9.62. The van der Waals surface area contributed by atoms with Gasteiger partial charge in [0.25, 0.3) is 11.7 Å². The molecule has 2 aromatic heterocycles. The number of aromatic nitrogens is 2. The standard InChI is InChI=1S/C31H33N5O2/c1-4-24-11-8-12-28(32-24)36-19-17-35(18-20-36)26-15-13-25(14-16-26)33-31(38)30(37)29-27(21-22(2)34(29)3)23-9-6-5-7-10-23/h5-16,21H,4,17-20H2,1-3H3,(H,33,38). The average molecular weight is 508 g/mol. The summed E-state index contributed by atoms with van der Waals surface area (Å²) in [6.07, 6.45) is 0.932. The van der Waals surface area contributed by atoms with Crippen molar-refractivity contribution in [3.05, 3.63) is 95.9 Å². The minimum Gasteiger partial charge on any atom is -0.368 e. The molecule has 0 saturated carbocycles. The summed E-state index contributed by atoms with van der Waals surface area (Å²) >= 11 is 0. The zero-order chi connectivity index (χ0) is 26.6. The van der Waals surface area contributed by atoms with Crippen LogP contribution in [0, 0.1) is 6.92 Å². The van der Waals surface area contributed by atoms with E-state index < -0.39 is 11.7 Å². The third kappa shape index (κ3) is 5.18. The molecule has 7 nitrogen and oxygen atoms in total. The molecule has 0 aliphatic carbocycles. The predicted molar refractivity (Wildman–Crippen MR) is 153 cm³/mol. The monoisotopic (exact) mass is 507 g/mol. The lowest BCUT2D eigenvalue weighted by atomic mass is 10.0. The highest BCUT2D eigenvalue weighted by Crippen LogP contribution is 2.28.